The van der Waals surface area contributed by atoms with Crippen LogP contribution >= 0.6 is 0 Å². The number of morpholine rings is 1. The van der Waals surface area contributed by atoms with Gasteiger partial charge in [0.05, 0.1) is 13.2 Å². The molecule has 1 aliphatic heterocycles. The lowest BCUT2D eigenvalue weighted by atomic mass is 10.1. The third-order valence-corrected chi connectivity index (χ3v) is 3.49. The molecule has 0 aromatic heterocycles. The second kappa shape index (κ2) is 8.64. The van der Waals surface area contributed by atoms with E-state index in [0.717, 1.165) is 44.8 Å². The van der Waals surface area contributed by atoms with Gasteiger partial charge in [-0.2, -0.15) is 0 Å². The molecule has 1 heterocycles. The zero-order chi connectivity index (χ0) is 14.9. The minimum absolute atomic E-state index is 0.101. The van der Waals surface area contributed by atoms with Crippen LogP contribution in [-0.4, -0.2) is 43.8 Å². The van der Waals surface area contributed by atoms with Gasteiger partial charge in [0.1, 0.15) is 0 Å². The highest BCUT2D eigenvalue weighted by Gasteiger charge is 2.10. The third kappa shape index (κ3) is 5.73. The number of ether oxygens (including phenoxy) is 1. The van der Waals surface area contributed by atoms with Gasteiger partial charge in [-0.1, -0.05) is 31.2 Å². The minimum Gasteiger partial charge on any atom is -0.379 e. The van der Waals surface area contributed by atoms with Crippen molar-refractivity contribution in [3.63, 3.8) is 0 Å². The maximum atomic E-state index is 11.5. The molecule has 2 amide bonds. The number of carbonyl (C=O) groups excluding carboxylic acids is 1. The molecule has 0 unspecified atom stereocenters. The Bertz CT molecular complexity index is 445. The topological polar surface area (TPSA) is 53.6 Å². The van der Waals surface area contributed by atoms with Crippen molar-refractivity contribution in [2.24, 2.45) is 0 Å². The van der Waals surface area contributed by atoms with Gasteiger partial charge in [-0.05, 0) is 17.5 Å². The van der Waals surface area contributed by atoms with Crippen LogP contribution in [0.4, 0.5) is 4.79 Å². The van der Waals surface area contributed by atoms with Gasteiger partial charge in [0.2, 0.25) is 0 Å². The predicted octanol–water partition coefficient (Wildman–Crippen LogP) is 1.73. The van der Waals surface area contributed by atoms with Crippen LogP contribution < -0.4 is 10.6 Å². The summed E-state index contributed by atoms with van der Waals surface area (Å²) < 4.78 is 5.36. The first-order chi connectivity index (χ1) is 10.3. The van der Waals surface area contributed by atoms with Crippen molar-refractivity contribution in [1.29, 1.82) is 0 Å². The predicted molar refractivity (Wildman–Crippen MR) is 83.1 cm³/mol. The van der Waals surface area contributed by atoms with Gasteiger partial charge < -0.3 is 15.4 Å². The van der Waals surface area contributed by atoms with E-state index in [4.69, 9.17) is 4.74 Å². The molecule has 0 atom stereocenters. The molecule has 21 heavy (non-hydrogen) atoms. The molecule has 0 spiro atoms. The SMILES string of the molecule is CCCNC(=O)NCc1cccc(CN2CCOCC2)c1. The van der Waals surface area contributed by atoms with Gasteiger partial charge in [-0.3, -0.25) is 4.90 Å². The first-order valence-corrected chi connectivity index (χ1v) is 7.67. The second-order valence-corrected chi connectivity index (χ2v) is 5.32. The molecule has 0 radical (unpaired) electrons. The number of rotatable bonds is 6. The Balaban J connectivity index is 1.81. The fraction of sp³-hybridized carbons (Fsp3) is 0.562. The summed E-state index contributed by atoms with van der Waals surface area (Å²) in [5.41, 5.74) is 2.41. The van der Waals surface area contributed by atoms with E-state index in [9.17, 15) is 4.79 Å². The number of benzene rings is 1. The molecule has 1 aromatic rings. The summed E-state index contributed by atoms with van der Waals surface area (Å²) in [4.78, 5) is 13.9. The Labute approximate surface area is 126 Å². The van der Waals surface area contributed by atoms with E-state index >= 15 is 0 Å². The Hall–Kier alpha value is -1.59. The Kier molecular flexibility index (Phi) is 6.50. The van der Waals surface area contributed by atoms with Gasteiger partial charge in [0.25, 0.3) is 0 Å². The molecule has 5 heteroatoms. The molecule has 2 rings (SSSR count). The molecule has 1 fully saturated rings. The molecule has 5 nitrogen and oxygen atoms in total. The van der Waals surface area contributed by atoms with E-state index in [-0.39, 0.29) is 6.03 Å². The van der Waals surface area contributed by atoms with Crippen LogP contribution in [0.2, 0.25) is 0 Å². The average molecular weight is 291 g/mol. The van der Waals surface area contributed by atoms with Crippen molar-refractivity contribution in [3.05, 3.63) is 35.4 Å². The first kappa shape index (κ1) is 15.8. The molecule has 116 valence electrons. The summed E-state index contributed by atoms with van der Waals surface area (Å²) in [6, 6.07) is 8.29. The largest absolute Gasteiger partial charge is 0.379 e. The van der Waals surface area contributed by atoms with Crippen molar-refractivity contribution in [3.8, 4) is 0 Å². The van der Waals surface area contributed by atoms with Crippen LogP contribution in [0.1, 0.15) is 24.5 Å². The maximum Gasteiger partial charge on any atom is 0.315 e. The quantitative estimate of drug-likeness (QED) is 0.839. The zero-order valence-electron chi connectivity index (χ0n) is 12.7. The van der Waals surface area contributed by atoms with E-state index in [1.54, 1.807) is 0 Å². The molecule has 1 saturated heterocycles. The van der Waals surface area contributed by atoms with E-state index in [1.165, 1.54) is 5.56 Å². The summed E-state index contributed by atoms with van der Waals surface area (Å²) in [6.07, 6.45) is 0.947. The Morgan fingerprint density at radius 3 is 2.76 bits per heavy atom. The molecule has 0 bridgehead atoms. The summed E-state index contributed by atoms with van der Waals surface area (Å²) in [5.74, 6) is 0. The summed E-state index contributed by atoms with van der Waals surface area (Å²) >= 11 is 0. The van der Waals surface area contributed by atoms with E-state index in [1.807, 2.05) is 13.0 Å². The van der Waals surface area contributed by atoms with Crippen molar-refractivity contribution < 1.29 is 9.53 Å². The lowest BCUT2D eigenvalue weighted by Crippen LogP contribution is -2.36. The van der Waals surface area contributed by atoms with Gasteiger partial charge in [0.15, 0.2) is 0 Å². The summed E-state index contributed by atoms with van der Waals surface area (Å²) in [7, 11) is 0. The number of nitrogens with zero attached hydrogens (tertiary/aromatic N) is 1. The van der Waals surface area contributed by atoms with Gasteiger partial charge in [-0.25, -0.2) is 4.79 Å². The van der Waals surface area contributed by atoms with Crippen LogP contribution in [0, 0.1) is 0 Å². The average Bonchev–Trinajstić information content (AvgIpc) is 2.52. The lowest BCUT2D eigenvalue weighted by Gasteiger charge is -2.26. The number of nitrogens with one attached hydrogen (secondary N) is 2. The van der Waals surface area contributed by atoms with Crippen molar-refractivity contribution >= 4 is 6.03 Å². The standard InChI is InChI=1S/C16H25N3O2/c1-2-6-17-16(20)18-12-14-4-3-5-15(11-14)13-19-7-9-21-10-8-19/h3-5,11H,2,6-10,12-13H2,1H3,(H2,17,18,20). The summed E-state index contributed by atoms with van der Waals surface area (Å²) in [5, 5.41) is 5.69. The van der Waals surface area contributed by atoms with Crippen molar-refractivity contribution in [2.75, 3.05) is 32.8 Å². The van der Waals surface area contributed by atoms with Crippen molar-refractivity contribution in [2.45, 2.75) is 26.4 Å². The van der Waals surface area contributed by atoms with Crippen LogP contribution in [0.3, 0.4) is 0 Å². The third-order valence-electron chi connectivity index (χ3n) is 3.49. The molecule has 0 saturated carbocycles. The Morgan fingerprint density at radius 1 is 1.24 bits per heavy atom. The van der Waals surface area contributed by atoms with Gasteiger partial charge in [-0.15, -0.1) is 0 Å². The van der Waals surface area contributed by atoms with E-state index in [0.29, 0.717) is 13.1 Å². The summed E-state index contributed by atoms with van der Waals surface area (Å²) in [6.45, 7) is 7.87. The smallest absolute Gasteiger partial charge is 0.315 e. The minimum atomic E-state index is -0.101. The van der Waals surface area contributed by atoms with E-state index < -0.39 is 0 Å². The number of amides is 2. The van der Waals surface area contributed by atoms with Crippen LogP contribution in [0.25, 0.3) is 0 Å². The van der Waals surface area contributed by atoms with Crippen LogP contribution in [0.15, 0.2) is 24.3 Å². The van der Waals surface area contributed by atoms with Crippen molar-refractivity contribution in [1.82, 2.24) is 15.5 Å². The lowest BCUT2D eigenvalue weighted by molar-refractivity contribution is 0.0342. The maximum absolute atomic E-state index is 11.5. The van der Waals surface area contributed by atoms with Gasteiger partial charge in [0, 0.05) is 32.7 Å². The number of carbonyl (C=O) groups is 1. The fourth-order valence-electron chi connectivity index (χ4n) is 2.34. The zero-order valence-corrected chi connectivity index (χ0v) is 12.7. The van der Waals surface area contributed by atoms with Gasteiger partial charge >= 0.3 is 6.03 Å². The highest BCUT2D eigenvalue weighted by atomic mass is 16.5. The molecule has 0 aliphatic carbocycles. The Morgan fingerprint density at radius 2 is 2.00 bits per heavy atom. The second-order valence-electron chi connectivity index (χ2n) is 5.32. The van der Waals surface area contributed by atoms with E-state index in [2.05, 4.69) is 33.7 Å². The number of hydrogen-bond acceptors (Lipinski definition) is 3. The van der Waals surface area contributed by atoms with Crippen LogP contribution in [-0.2, 0) is 17.8 Å². The molecule has 1 aromatic carbocycles. The number of hydrogen-bond donors (Lipinski definition) is 2. The fourth-order valence-corrected chi connectivity index (χ4v) is 2.34. The monoisotopic (exact) mass is 291 g/mol. The molecular formula is C16H25N3O2. The first-order valence-electron chi connectivity index (χ1n) is 7.67. The molecule has 1 aliphatic rings. The van der Waals surface area contributed by atoms with Crippen LogP contribution in [0.5, 0.6) is 0 Å². The highest BCUT2D eigenvalue weighted by molar-refractivity contribution is 5.73. The highest BCUT2D eigenvalue weighted by Crippen LogP contribution is 2.10. The molecular weight excluding hydrogens is 266 g/mol. The number of urea groups is 1. The normalized spacial score (nSPS) is 15.7. The molecule has 2 N–H and O–H groups in total.